The molecule has 0 unspecified atom stereocenters. The van der Waals surface area contributed by atoms with Gasteiger partial charge in [0.2, 0.25) is 6.79 Å². The number of aromatic hydroxyl groups is 1. The van der Waals surface area contributed by atoms with Gasteiger partial charge < -0.3 is 25.2 Å². The fourth-order valence-corrected chi connectivity index (χ4v) is 1.98. The number of para-hydroxylation sites is 2. The lowest BCUT2D eigenvalue weighted by Crippen LogP contribution is -2.28. The van der Waals surface area contributed by atoms with E-state index in [9.17, 15) is 9.90 Å². The molecule has 6 nitrogen and oxygen atoms in total. The zero-order valence-corrected chi connectivity index (χ0v) is 11.1. The molecule has 0 aliphatic carbocycles. The normalized spacial score (nSPS) is 12.0. The van der Waals surface area contributed by atoms with Gasteiger partial charge in [-0.05, 0) is 29.8 Å². The number of phenolic OH excluding ortho intramolecular Hbond substituents is 1. The van der Waals surface area contributed by atoms with Crippen molar-refractivity contribution in [3.05, 3.63) is 48.0 Å². The first-order valence-corrected chi connectivity index (χ1v) is 6.44. The van der Waals surface area contributed by atoms with Gasteiger partial charge in [-0.25, -0.2) is 4.79 Å². The van der Waals surface area contributed by atoms with Crippen LogP contribution >= 0.6 is 0 Å². The Labute approximate surface area is 121 Å². The summed E-state index contributed by atoms with van der Waals surface area (Å²) in [5.74, 6) is 1.41. The number of carbonyl (C=O) groups excluding carboxylic acids is 1. The first-order chi connectivity index (χ1) is 10.2. The van der Waals surface area contributed by atoms with Crippen LogP contribution in [-0.2, 0) is 6.54 Å². The molecule has 0 radical (unpaired) electrons. The number of rotatable bonds is 3. The van der Waals surface area contributed by atoms with Crippen molar-refractivity contribution in [1.29, 1.82) is 0 Å². The van der Waals surface area contributed by atoms with Crippen molar-refractivity contribution in [2.45, 2.75) is 6.54 Å². The SMILES string of the molecule is O=C(NCc1ccc2c(c1)OCO2)Nc1ccccc1O. The molecule has 0 bridgehead atoms. The Morgan fingerprint density at radius 3 is 2.81 bits per heavy atom. The van der Waals surface area contributed by atoms with E-state index in [0.717, 1.165) is 5.56 Å². The van der Waals surface area contributed by atoms with Crippen LogP contribution in [0.1, 0.15) is 5.56 Å². The highest BCUT2D eigenvalue weighted by molar-refractivity contribution is 5.90. The van der Waals surface area contributed by atoms with Crippen molar-refractivity contribution in [1.82, 2.24) is 5.32 Å². The lowest BCUT2D eigenvalue weighted by Gasteiger charge is -2.09. The second-order valence-corrected chi connectivity index (χ2v) is 4.51. The largest absolute Gasteiger partial charge is 0.506 e. The van der Waals surface area contributed by atoms with Crippen molar-refractivity contribution in [3.8, 4) is 17.2 Å². The van der Waals surface area contributed by atoms with E-state index in [1.54, 1.807) is 24.3 Å². The summed E-state index contributed by atoms with van der Waals surface area (Å²) in [6.45, 7) is 0.566. The zero-order chi connectivity index (χ0) is 14.7. The molecule has 3 N–H and O–H groups in total. The second kappa shape index (κ2) is 5.62. The summed E-state index contributed by atoms with van der Waals surface area (Å²) in [5.41, 5.74) is 1.26. The third kappa shape index (κ3) is 3.00. The summed E-state index contributed by atoms with van der Waals surface area (Å²) >= 11 is 0. The van der Waals surface area contributed by atoms with E-state index >= 15 is 0 Å². The summed E-state index contributed by atoms with van der Waals surface area (Å²) in [5, 5.41) is 14.9. The molecule has 0 aromatic heterocycles. The Kier molecular flexibility index (Phi) is 3.51. The number of phenols is 1. The van der Waals surface area contributed by atoms with E-state index in [4.69, 9.17) is 9.47 Å². The van der Waals surface area contributed by atoms with Gasteiger partial charge in [0.25, 0.3) is 0 Å². The predicted octanol–water partition coefficient (Wildman–Crippen LogP) is 2.44. The Balaban J connectivity index is 1.58. The molecule has 0 saturated carbocycles. The monoisotopic (exact) mass is 286 g/mol. The minimum Gasteiger partial charge on any atom is -0.506 e. The van der Waals surface area contributed by atoms with E-state index in [1.807, 2.05) is 12.1 Å². The number of fused-ring (bicyclic) bond motifs is 1. The maximum atomic E-state index is 11.8. The highest BCUT2D eigenvalue weighted by Crippen LogP contribution is 2.32. The molecular formula is C15H14N2O4. The van der Waals surface area contributed by atoms with Gasteiger partial charge in [0, 0.05) is 6.54 Å². The van der Waals surface area contributed by atoms with Crippen molar-refractivity contribution < 1.29 is 19.4 Å². The molecule has 0 spiro atoms. The molecule has 1 aliphatic heterocycles. The van der Waals surface area contributed by atoms with Crippen molar-refractivity contribution in [3.63, 3.8) is 0 Å². The smallest absolute Gasteiger partial charge is 0.319 e. The van der Waals surface area contributed by atoms with E-state index in [-0.39, 0.29) is 12.5 Å². The molecule has 2 aromatic carbocycles. The number of urea groups is 1. The Morgan fingerprint density at radius 2 is 1.95 bits per heavy atom. The number of hydrogen-bond acceptors (Lipinski definition) is 4. The van der Waals surface area contributed by atoms with Gasteiger partial charge in [-0.1, -0.05) is 18.2 Å². The molecule has 0 fully saturated rings. The lowest BCUT2D eigenvalue weighted by atomic mass is 10.2. The summed E-state index contributed by atoms with van der Waals surface area (Å²) in [6.07, 6.45) is 0. The first-order valence-electron chi connectivity index (χ1n) is 6.44. The first kappa shape index (κ1) is 13.1. The average molecular weight is 286 g/mol. The number of anilines is 1. The van der Waals surface area contributed by atoms with Crippen LogP contribution in [0.3, 0.4) is 0 Å². The molecule has 1 heterocycles. The minimum atomic E-state index is -0.394. The molecule has 1 aliphatic rings. The summed E-state index contributed by atoms with van der Waals surface area (Å²) < 4.78 is 10.5. The molecule has 2 amide bonds. The standard InChI is InChI=1S/C15H14N2O4/c18-12-4-2-1-3-11(12)17-15(19)16-8-10-5-6-13-14(7-10)21-9-20-13/h1-7,18H,8-9H2,(H2,16,17,19). The third-order valence-corrected chi connectivity index (χ3v) is 3.04. The summed E-state index contributed by atoms with van der Waals surface area (Å²) in [4.78, 5) is 11.8. The topological polar surface area (TPSA) is 79.8 Å². The van der Waals surface area contributed by atoms with Gasteiger partial charge in [0.15, 0.2) is 11.5 Å². The van der Waals surface area contributed by atoms with E-state index in [0.29, 0.717) is 23.7 Å². The van der Waals surface area contributed by atoms with Crippen molar-refractivity contribution in [2.75, 3.05) is 12.1 Å². The van der Waals surface area contributed by atoms with Gasteiger partial charge in [-0.15, -0.1) is 0 Å². The fourth-order valence-electron chi connectivity index (χ4n) is 1.98. The molecule has 3 rings (SSSR count). The van der Waals surface area contributed by atoms with Gasteiger partial charge in [0.05, 0.1) is 5.69 Å². The molecular weight excluding hydrogens is 272 g/mol. The van der Waals surface area contributed by atoms with Crippen molar-refractivity contribution >= 4 is 11.7 Å². The van der Waals surface area contributed by atoms with Crippen LogP contribution in [0.15, 0.2) is 42.5 Å². The van der Waals surface area contributed by atoms with Crippen molar-refractivity contribution in [2.24, 2.45) is 0 Å². The summed E-state index contributed by atoms with van der Waals surface area (Å²) in [6, 6.07) is 11.6. The third-order valence-electron chi connectivity index (χ3n) is 3.04. The van der Waals surface area contributed by atoms with Crippen LogP contribution in [0.4, 0.5) is 10.5 Å². The van der Waals surface area contributed by atoms with Crippen LogP contribution in [-0.4, -0.2) is 17.9 Å². The van der Waals surface area contributed by atoms with Crippen LogP contribution < -0.4 is 20.1 Å². The molecule has 21 heavy (non-hydrogen) atoms. The second-order valence-electron chi connectivity index (χ2n) is 4.51. The Hall–Kier alpha value is -2.89. The van der Waals surface area contributed by atoms with E-state index in [2.05, 4.69) is 10.6 Å². The molecule has 2 aromatic rings. The van der Waals surface area contributed by atoms with Crippen LogP contribution in [0, 0.1) is 0 Å². The lowest BCUT2D eigenvalue weighted by molar-refractivity contribution is 0.174. The zero-order valence-electron chi connectivity index (χ0n) is 11.1. The van der Waals surface area contributed by atoms with Gasteiger partial charge in [-0.3, -0.25) is 0 Å². The number of hydrogen-bond donors (Lipinski definition) is 3. The van der Waals surface area contributed by atoms with Gasteiger partial charge in [-0.2, -0.15) is 0 Å². The number of ether oxygens (including phenoxy) is 2. The van der Waals surface area contributed by atoms with Crippen LogP contribution in [0.2, 0.25) is 0 Å². The average Bonchev–Trinajstić information content (AvgIpc) is 2.95. The number of carbonyl (C=O) groups is 1. The van der Waals surface area contributed by atoms with E-state index < -0.39 is 6.03 Å². The molecule has 6 heteroatoms. The van der Waals surface area contributed by atoms with Crippen LogP contribution in [0.5, 0.6) is 17.2 Å². The predicted molar refractivity (Wildman–Crippen MR) is 76.5 cm³/mol. The van der Waals surface area contributed by atoms with E-state index in [1.165, 1.54) is 6.07 Å². The summed E-state index contributed by atoms with van der Waals surface area (Å²) in [7, 11) is 0. The maximum Gasteiger partial charge on any atom is 0.319 e. The number of amides is 2. The molecule has 0 atom stereocenters. The Bertz CT molecular complexity index is 672. The molecule has 108 valence electrons. The highest BCUT2D eigenvalue weighted by atomic mass is 16.7. The van der Waals surface area contributed by atoms with Gasteiger partial charge in [0.1, 0.15) is 5.75 Å². The minimum absolute atomic E-state index is 0.0238. The highest BCUT2D eigenvalue weighted by Gasteiger charge is 2.13. The molecule has 0 saturated heterocycles. The van der Waals surface area contributed by atoms with Gasteiger partial charge >= 0.3 is 6.03 Å². The maximum absolute atomic E-state index is 11.8. The van der Waals surface area contributed by atoms with Crippen LogP contribution in [0.25, 0.3) is 0 Å². The quantitative estimate of drug-likeness (QED) is 0.757. The Morgan fingerprint density at radius 1 is 1.14 bits per heavy atom. The fraction of sp³-hybridized carbons (Fsp3) is 0.133. The number of nitrogens with one attached hydrogen (secondary N) is 2. The number of benzene rings is 2.